The van der Waals surface area contributed by atoms with Gasteiger partial charge in [0.25, 0.3) is 10.0 Å². The van der Waals surface area contributed by atoms with Crippen molar-refractivity contribution in [3.63, 3.8) is 0 Å². The number of sulfonamides is 1. The maximum absolute atomic E-state index is 13.2. The highest BCUT2D eigenvalue weighted by Gasteiger charge is 2.34. The Balaban J connectivity index is 1.46. The molecule has 11 heteroatoms. The predicted octanol–water partition coefficient (Wildman–Crippen LogP) is 1.78. The number of aromatic nitrogens is 4. The van der Waals surface area contributed by atoms with E-state index < -0.39 is 16.1 Å². The van der Waals surface area contributed by atoms with Crippen molar-refractivity contribution in [1.29, 1.82) is 0 Å². The minimum absolute atomic E-state index is 0.0461. The Hall–Kier alpha value is -3.18. The van der Waals surface area contributed by atoms with Crippen LogP contribution in [0.4, 0.5) is 0 Å². The van der Waals surface area contributed by atoms with Gasteiger partial charge in [-0.1, -0.05) is 12.1 Å². The second-order valence-electron chi connectivity index (χ2n) is 8.53. The van der Waals surface area contributed by atoms with E-state index in [1.165, 1.54) is 10.5 Å². The summed E-state index contributed by atoms with van der Waals surface area (Å²) in [6.45, 7) is 2.30. The Morgan fingerprint density at radius 2 is 1.82 bits per heavy atom. The van der Waals surface area contributed by atoms with Gasteiger partial charge in [-0.15, -0.1) is 0 Å². The molecule has 0 bridgehead atoms. The minimum Gasteiger partial charge on any atom is -0.497 e. The smallest absolute Gasteiger partial charge is 0.262 e. The van der Waals surface area contributed by atoms with Gasteiger partial charge in [0, 0.05) is 51.7 Å². The molecule has 34 heavy (non-hydrogen) atoms. The maximum atomic E-state index is 13.2. The summed E-state index contributed by atoms with van der Waals surface area (Å²) in [4.78, 5) is 21.8. The van der Waals surface area contributed by atoms with Gasteiger partial charge in [-0.25, -0.2) is 18.4 Å². The SMILES string of the molecule is COc1ccc(C(NC(=O)C2CCN(S(=O)(=O)c3cn(C)c(C)n3)CC2)c2nccn2C)cc1. The molecule has 3 heterocycles. The van der Waals surface area contributed by atoms with Gasteiger partial charge in [-0.3, -0.25) is 4.79 Å². The lowest BCUT2D eigenvalue weighted by Gasteiger charge is -2.31. The summed E-state index contributed by atoms with van der Waals surface area (Å²) < 4.78 is 36.2. The number of nitrogens with one attached hydrogen (secondary N) is 1. The number of ether oxygens (including phenoxy) is 1. The average Bonchev–Trinajstić information content (AvgIpc) is 3.42. The van der Waals surface area contributed by atoms with Crippen molar-refractivity contribution in [3.8, 4) is 5.75 Å². The highest BCUT2D eigenvalue weighted by Crippen LogP contribution is 2.27. The van der Waals surface area contributed by atoms with Crippen molar-refractivity contribution in [2.75, 3.05) is 20.2 Å². The number of carbonyl (C=O) groups excluding carboxylic acids is 1. The molecule has 1 amide bonds. The van der Waals surface area contributed by atoms with Crippen LogP contribution in [0, 0.1) is 12.8 Å². The van der Waals surface area contributed by atoms with Crippen LogP contribution in [0.5, 0.6) is 5.75 Å². The van der Waals surface area contributed by atoms with Crippen LogP contribution in [-0.4, -0.2) is 57.9 Å². The fourth-order valence-corrected chi connectivity index (χ4v) is 5.64. The van der Waals surface area contributed by atoms with Gasteiger partial charge < -0.3 is 19.2 Å². The molecule has 1 aliphatic rings. The minimum atomic E-state index is -3.68. The number of nitrogens with zero attached hydrogens (tertiary/aromatic N) is 5. The number of amides is 1. The predicted molar refractivity (Wildman–Crippen MR) is 126 cm³/mol. The summed E-state index contributed by atoms with van der Waals surface area (Å²) in [6.07, 6.45) is 5.93. The number of benzene rings is 1. The Morgan fingerprint density at radius 3 is 2.35 bits per heavy atom. The molecule has 10 nitrogen and oxygen atoms in total. The third-order valence-corrected chi connectivity index (χ3v) is 8.14. The largest absolute Gasteiger partial charge is 0.497 e. The van der Waals surface area contributed by atoms with E-state index in [4.69, 9.17) is 4.74 Å². The Bertz CT molecular complexity index is 1240. The van der Waals surface area contributed by atoms with E-state index in [-0.39, 0.29) is 29.9 Å². The summed E-state index contributed by atoms with van der Waals surface area (Å²) in [5, 5.41) is 3.18. The summed E-state index contributed by atoms with van der Waals surface area (Å²) in [6, 6.07) is 7.07. The first-order valence-corrected chi connectivity index (χ1v) is 12.6. The molecule has 1 unspecified atom stereocenters. The van der Waals surface area contributed by atoms with Crippen LogP contribution in [0.15, 0.2) is 47.9 Å². The van der Waals surface area contributed by atoms with Crippen LogP contribution in [0.2, 0.25) is 0 Å². The molecule has 1 atom stereocenters. The lowest BCUT2D eigenvalue weighted by atomic mass is 9.96. The molecule has 1 saturated heterocycles. The van der Waals surface area contributed by atoms with Crippen LogP contribution in [0.3, 0.4) is 0 Å². The summed E-state index contributed by atoms with van der Waals surface area (Å²) in [7, 11) is 1.57. The molecule has 0 aliphatic carbocycles. The van der Waals surface area contributed by atoms with Crippen molar-refractivity contribution in [2.24, 2.45) is 20.0 Å². The topological polar surface area (TPSA) is 111 Å². The lowest BCUT2D eigenvalue weighted by molar-refractivity contribution is -0.126. The third kappa shape index (κ3) is 4.71. The molecule has 182 valence electrons. The first-order valence-electron chi connectivity index (χ1n) is 11.1. The zero-order valence-electron chi connectivity index (χ0n) is 19.8. The number of aryl methyl sites for hydroxylation is 3. The first-order chi connectivity index (χ1) is 16.2. The van der Waals surface area contributed by atoms with E-state index in [0.29, 0.717) is 24.5 Å². The average molecular weight is 487 g/mol. The Kier molecular flexibility index (Phi) is 6.76. The first kappa shape index (κ1) is 24.0. The van der Waals surface area contributed by atoms with Crippen LogP contribution < -0.4 is 10.1 Å². The van der Waals surface area contributed by atoms with Gasteiger partial charge in [-0.05, 0) is 37.5 Å². The molecule has 1 aliphatic heterocycles. The van der Waals surface area contributed by atoms with Crippen LogP contribution in [0.25, 0.3) is 0 Å². The second-order valence-corrected chi connectivity index (χ2v) is 10.4. The van der Waals surface area contributed by atoms with E-state index in [0.717, 1.165) is 11.3 Å². The monoisotopic (exact) mass is 486 g/mol. The summed E-state index contributed by atoms with van der Waals surface area (Å²) in [5.74, 6) is 1.66. The highest BCUT2D eigenvalue weighted by atomic mass is 32.2. The Morgan fingerprint density at radius 1 is 1.15 bits per heavy atom. The van der Waals surface area contributed by atoms with Gasteiger partial charge in [0.2, 0.25) is 5.91 Å². The lowest BCUT2D eigenvalue weighted by Crippen LogP contribution is -2.44. The number of methoxy groups -OCH3 is 1. The van der Waals surface area contributed by atoms with E-state index >= 15 is 0 Å². The quantitative estimate of drug-likeness (QED) is 0.545. The van der Waals surface area contributed by atoms with Gasteiger partial charge in [0.15, 0.2) is 5.03 Å². The molecular formula is C23H30N6O4S. The summed E-state index contributed by atoms with van der Waals surface area (Å²) >= 11 is 0. The number of hydrogen-bond donors (Lipinski definition) is 1. The fourth-order valence-electron chi connectivity index (χ4n) is 4.15. The highest BCUT2D eigenvalue weighted by molar-refractivity contribution is 7.89. The number of imidazole rings is 2. The molecule has 2 aromatic heterocycles. The molecule has 0 saturated carbocycles. The normalized spacial score (nSPS) is 16.4. The van der Waals surface area contributed by atoms with Gasteiger partial charge in [0.1, 0.15) is 23.4 Å². The molecule has 0 spiro atoms. The van der Waals surface area contributed by atoms with Crippen molar-refractivity contribution in [3.05, 3.63) is 60.1 Å². The zero-order chi connectivity index (χ0) is 24.5. The molecule has 3 aromatic rings. The molecule has 1 aromatic carbocycles. The zero-order valence-corrected chi connectivity index (χ0v) is 20.6. The summed E-state index contributed by atoms with van der Waals surface area (Å²) in [5.41, 5.74) is 0.883. The van der Waals surface area contributed by atoms with Crippen LogP contribution in [-0.2, 0) is 28.9 Å². The van der Waals surface area contributed by atoms with Crippen molar-refractivity contribution in [1.82, 2.24) is 28.7 Å². The Labute approximate surface area is 199 Å². The van der Waals surface area contributed by atoms with Crippen LogP contribution >= 0.6 is 0 Å². The van der Waals surface area contributed by atoms with E-state index in [1.807, 2.05) is 42.1 Å². The van der Waals surface area contributed by atoms with Crippen molar-refractivity contribution in [2.45, 2.75) is 30.8 Å². The van der Waals surface area contributed by atoms with Crippen molar-refractivity contribution >= 4 is 15.9 Å². The van der Waals surface area contributed by atoms with Crippen LogP contribution in [0.1, 0.15) is 36.1 Å². The molecule has 1 N–H and O–H groups in total. The number of piperidine rings is 1. The molecule has 1 fully saturated rings. The van der Waals surface area contributed by atoms with E-state index in [9.17, 15) is 13.2 Å². The molecule has 4 rings (SSSR count). The third-order valence-electron chi connectivity index (χ3n) is 6.37. The van der Waals surface area contributed by atoms with E-state index in [2.05, 4.69) is 15.3 Å². The molecular weight excluding hydrogens is 456 g/mol. The van der Waals surface area contributed by atoms with Gasteiger partial charge >= 0.3 is 0 Å². The number of hydrogen-bond acceptors (Lipinski definition) is 6. The van der Waals surface area contributed by atoms with E-state index in [1.54, 1.807) is 31.8 Å². The number of rotatable bonds is 7. The maximum Gasteiger partial charge on any atom is 0.262 e. The fraction of sp³-hybridized carbons (Fsp3) is 0.435. The van der Waals surface area contributed by atoms with Gasteiger partial charge in [0.05, 0.1) is 7.11 Å². The van der Waals surface area contributed by atoms with Crippen molar-refractivity contribution < 1.29 is 17.9 Å². The molecule has 0 radical (unpaired) electrons. The number of carbonyl (C=O) groups is 1. The van der Waals surface area contributed by atoms with Gasteiger partial charge in [-0.2, -0.15) is 4.31 Å². The second kappa shape index (κ2) is 9.59. The standard InChI is InChI=1S/C23H30N6O4S/c1-16-25-20(15-28(16)3)34(31,32)29-12-9-18(10-13-29)23(30)26-21(22-24-11-14-27(22)2)17-5-7-19(33-4)8-6-17/h5-8,11,14-15,18,21H,9-10,12-13H2,1-4H3,(H,26,30).